The predicted octanol–water partition coefficient (Wildman–Crippen LogP) is -0.460. The summed E-state index contributed by atoms with van der Waals surface area (Å²) in [6.45, 7) is -5.08. The van der Waals surface area contributed by atoms with Crippen LogP contribution in [0.4, 0.5) is 12.9 Å². The van der Waals surface area contributed by atoms with E-state index in [0.717, 1.165) is 11.6 Å². The molecule has 1 nitrogen and oxygen atoms in total. The molecule has 0 radical (unpaired) electrons. The standard InChI is InChI=1S/C13H8BF3N.K/c15-14(16,17)13-8-4-7-12(18-13)10-9-11-5-2-1-3-6-11;/h1-8H;/q-1;+1. The van der Waals surface area contributed by atoms with Crippen LogP contribution in [0.25, 0.3) is 0 Å². The van der Waals surface area contributed by atoms with Gasteiger partial charge >= 0.3 is 58.4 Å². The van der Waals surface area contributed by atoms with Crippen LogP contribution in [0.5, 0.6) is 0 Å². The third-order valence-electron chi connectivity index (χ3n) is 2.21. The molecule has 0 atom stereocenters. The SMILES string of the molecule is F[B-](F)(F)c1cccc(C#Cc2ccccc2)n1.[K+]. The molecule has 0 saturated carbocycles. The van der Waals surface area contributed by atoms with E-state index in [1.54, 1.807) is 12.1 Å². The van der Waals surface area contributed by atoms with Crippen molar-refractivity contribution >= 4 is 12.6 Å². The average Bonchev–Trinajstić information content (AvgIpc) is 2.37. The first kappa shape index (κ1) is 16.5. The second-order valence-corrected chi connectivity index (χ2v) is 3.64. The zero-order chi connectivity index (χ0) is 13.0. The molecule has 1 heterocycles. The summed E-state index contributed by atoms with van der Waals surface area (Å²) in [6, 6.07) is 12.8. The second-order valence-electron chi connectivity index (χ2n) is 3.64. The molecule has 19 heavy (non-hydrogen) atoms. The zero-order valence-corrected chi connectivity index (χ0v) is 13.4. The van der Waals surface area contributed by atoms with E-state index in [0.29, 0.717) is 0 Å². The molecule has 0 bridgehead atoms. The monoisotopic (exact) mass is 285 g/mol. The molecule has 0 N–H and O–H groups in total. The Hall–Kier alpha value is -0.579. The fourth-order valence-corrected chi connectivity index (χ4v) is 1.36. The summed E-state index contributed by atoms with van der Waals surface area (Å²) >= 11 is 0. The molecule has 0 unspecified atom stereocenters. The molecule has 2 rings (SSSR count). The Bertz CT molecular complexity index is 603. The van der Waals surface area contributed by atoms with Crippen molar-refractivity contribution < 1.29 is 64.3 Å². The third-order valence-corrected chi connectivity index (χ3v) is 2.21. The van der Waals surface area contributed by atoms with Crippen molar-refractivity contribution in [3.8, 4) is 11.8 Å². The van der Waals surface area contributed by atoms with Gasteiger partial charge in [-0.05, 0) is 29.7 Å². The fraction of sp³-hybridized carbons (Fsp3) is 0. The van der Waals surface area contributed by atoms with Gasteiger partial charge < -0.3 is 12.9 Å². The van der Waals surface area contributed by atoms with Gasteiger partial charge in [-0.15, -0.1) is 0 Å². The van der Waals surface area contributed by atoms with Gasteiger partial charge in [-0.3, -0.25) is 4.98 Å². The van der Waals surface area contributed by atoms with E-state index in [1.165, 1.54) is 12.1 Å². The Morgan fingerprint density at radius 2 is 1.53 bits per heavy atom. The smallest absolute Gasteiger partial charge is 0.444 e. The maximum atomic E-state index is 12.5. The number of hydrogen-bond acceptors (Lipinski definition) is 1. The van der Waals surface area contributed by atoms with E-state index >= 15 is 0 Å². The number of benzene rings is 1. The van der Waals surface area contributed by atoms with Gasteiger partial charge in [0.15, 0.2) is 0 Å². The van der Waals surface area contributed by atoms with Gasteiger partial charge in [-0.2, -0.15) is 0 Å². The van der Waals surface area contributed by atoms with Crippen LogP contribution in [-0.4, -0.2) is 12.0 Å². The topological polar surface area (TPSA) is 12.9 Å². The van der Waals surface area contributed by atoms with Crippen LogP contribution < -0.4 is 57.0 Å². The molecule has 1 aromatic carbocycles. The summed E-state index contributed by atoms with van der Waals surface area (Å²) in [5, 5.41) is 0. The largest absolute Gasteiger partial charge is 1.00 e. The summed E-state index contributed by atoms with van der Waals surface area (Å²) < 4.78 is 37.4. The Labute approximate surface area is 152 Å². The Morgan fingerprint density at radius 3 is 2.16 bits per heavy atom. The first-order valence-electron chi connectivity index (χ1n) is 5.30. The Kier molecular flexibility index (Phi) is 6.30. The van der Waals surface area contributed by atoms with Crippen LogP contribution in [0.2, 0.25) is 0 Å². The maximum absolute atomic E-state index is 12.5. The molecule has 0 aliphatic heterocycles. The molecule has 0 amide bonds. The number of halogens is 3. The zero-order valence-electron chi connectivity index (χ0n) is 10.3. The van der Waals surface area contributed by atoms with Crippen molar-refractivity contribution in [2.75, 3.05) is 0 Å². The van der Waals surface area contributed by atoms with Gasteiger partial charge in [-0.1, -0.05) is 36.3 Å². The Balaban J connectivity index is 0.00000180. The van der Waals surface area contributed by atoms with Gasteiger partial charge in [0, 0.05) is 5.56 Å². The van der Waals surface area contributed by atoms with Crippen LogP contribution >= 0.6 is 0 Å². The van der Waals surface area contributed by atoms with E-state index < -0.39 is 12.6 Å². The van der Waals surface area contributed by atoms with Gasteiger partial charge in [0.05, 0.1) is 0 Å². The summed E-state index contributed by atoms with van der Waals surface area (Å²) in [5.41, 5.74) is -0.00682. The average molecular weight is 285 g/mol. The summed E-state index contributed by atoms with van der Waals surface area (Å²) in [4.78, 5) is 3.49. The quantitative estimate of drug-likeness (QED) is 0.510. The van der Waals surface area contributed by atoms with Crippen molar-refractivity contribution in [3.63, 3.8) is 0 Å². The molecular weight excluding hydrogens is 277 g/mol. The minimum absolute atomic E-state index is 0. The molecular formula is C13H8BF3KN. The number of aromatic nitrogens is 1. The van der Waals surface area contributed by atoms with Crippen molar-refractivity contribution in [3.05, 3.63) is 59.8 Å². The van der Waals surface area contributed by atoms with Crippen LogP contribution in [0.1, 0.15) is 11.3 Å². The first-order valence-corrected chi connectivity index (χ1v) is 5.30. The van der Waals surface area contributed by atoms with E-state index in [-0.39, 0.29) is 57.1 Å². The second kappa shape index (κ2) is 7.27. The van der Waals surface area contributed by atoms with Crippen LogP contribution in [0.15, 0.2) is 48.5 Å². The van der Waals surface area contributed by atoms with E-state index in [9.17, 15) is 12.9 Å². The molecule has 6 heteroatoms. The molecule has 0 spiro atoms. The molecule has 0 aliphatic carbocycles. The minimum Gasteiger partial charge on any atom is -0.444 e. The number of rotatable bonds is 1. The van der Waals surface area contributed by atoms with Crippen LogP contribution in [0, 0.1) is 11.8 Å². The number of hydrogen-bond donors (Lipinski definition) is 0. The summed E-state index contributed by atoms with van der Waals surface area (Å²) in [6.07, 6.45) is 0. The molecule has 0 fully saturated rings. The first-order chi connectivity index (χ1) is 8.55. The third kappa shape index (κ3) is 5.13. The maximum Gasteiger partial charge on any atom is 1.00 e. The Morgan fingerprint density at radius 1 is 0.842 bits per heavy atom. The van der Waals surface area contributed by atoms with Crippen molar-refractivity contribution in [2.45, 2.75) is 0 Å². The number of nitrogens with zero attached hydrogens (tertiary/aromatic N) is 1. The van der Waals surface area contributed by atoms with Gasteiger partial charge in [0.25, 0.3) is 0 Å². The van der Waals surface area contributed by atoms with E-state index in [2.05, 4.69) is 16.8 Å². The van der Waals surface area contributed by atoms with Crippen molar-refractivity contribution in [1.29, 1.82) is 0 Å². The van der Waals surface area contributed by atoms with Gasteiger partial charge in [0.2, 0.25) is 0 Å². The summed E-state index contributed by atoms with van der Waals surface area (Å²) in [5.74, 6) is 5.39. The predicted molar refractivity (Wildman–Crippen MR) is 65.4 cm³/mol. The van der Waals surface area contributed by atoms with Gasteiger partial charge in [-0.25, -0.2) is 0 Å². The molecule has 0 saturated heterocycles. The van der Waals surface area contributed by atoms with E-state index in [1.807, 2.05) is 18.2 Å². The molecule has 2 aromatic rings. The van der Waals surface area contributed by atoms with Crippen molar-refractivity contribution in [2.24, 2.45) is 0 Å². The molecule has 1 aromatic heterocycles. The number of pyridine rings is 1. The molecule has 0 aliphatic rings. The normalized spacial score (nSPS) is 10.1. The summed E-state index contributed by atoms with van der Waals surface area (Å²) in [7, 11) is 0. The van der Waals surface area contributed by atoms with Crippen LogP contribution in [0.3, 0.4) is 0 Å². The van der Waals surface area contributed by atoms with Gasteiger partial charge in [0.1, 0.15) is 5.69 Å². The van der Waals surface area contributed by atoms with E-state index in [4.69, 9.17) is 0 Å². The van der Waals surface area contributed by atoms with Crippen molar-refractivity contribution in [1.82, 2.24) is 4.98 Å². The fourth-order valence-electron chi connectivity index (χ4n) is 1.36. The molecule has 90 valence electrons. The van der Waals surface area contributed by atoms with Crippen LogP contribution in [-0.2, 0) is 0 Å². The minimum atomic E-state index is -5.08.